The number of benzene rings is 1. The molecule has 0 aliphatic carbocycles. The Bertz CT molecular complexity index is 503. The van der Waals surface area contributed by atoms with Crippen LogP contribution in [0.3, 0.4) is 0 Å². The van der Waals surface area contributed by atoms with Crippen molar-refractivity contribution < 1.29 is 0 Å². The maximum absolute atomic E-state index is 6.36. The number of hydrogen-bond donors (Lipinski definition) is 1. The van der Waals surface area contributed by atoms with Crippen molar-refractivity contribution in [3.05, 3.63) is 65.0 Å². The molecule has 1 atom stereocenters. The van der Waals surface area contributed by atoms with E-state index in [1.807, 2.05) is 18.5 Å². The minimum atomic E-state index is -0.0612. The average Bonchev–Trinajstić information content (AvgIpc) is 2.46. The number of nitrogens with two attached hydrogens (primary N) is 1. The average molecular weight is 240 g/mol. The Labute approximate surface area is 109 Å². The van der Waals surface area contributed by atoms with Crippen molar-refractivity contribution in [3.63, 3.8) is 0 Å². The van der Waals surface area contributed by atoms with Crippen molar-refractivity contribution in [1.82, 2.24) is 4.98 Å². The van der Waals surface area contributed by atoms with E-state index in [-0.39, 0.29) is 6.04 Å². The van der Waals surface area contributed by atoms with E-state index in [1.165, 1.54) is 16.7 Å². The minimum absolute atomic E-state index is 0.0612. The summed E-state index contributed by atoms with van der Waals surface area (Å²) >= 11 is 0. The van der Waals surface area contributed by atoms with Crippen molar-refractivity contribution in [2.45, 2.75) is 32.7 Å². The highest BCUT2D eigenvalue weighted by molar-refractivity contribution is 5.36. The lowest BCUT2D eigenvalue weighted by Crippen LogP contribution is -2.14. The predicted octanol–water partition coefficient (Wildman–Crippen LogP) is 3.25. The number of aryl methyl sites for hydroxylation is 2. The van der Waals surface area contributed by atoms with Crippen LogP contribution >= 0.6 is 0 Å². The lowest BCUT2D eigenvalue weighted by atomic mass is 9.95. The molecule has 1 heterocycles. The summed E-state index contributed by atoms with van der Waals surface area (Å²) in [6.45, 7) is 4.29. The molecule has 0 saturated carbocycles. The molecule has 0 fully saturated rings. The van der Waals surface area contributed by atoms with Crippen LogP contribution in [-0.4, -0.2) is 4.98 Å². The molecule has 1 aromatic carbocycles. The van der Waals surface area contributed by atoms with E-state index < -0.39 is 0 Å². The van der Waals surface area contributed by atoms with Gasteiger partial charge in [0.15, 0.2) is 0 Å². The van der Waals surface area contributed by atoms with Gasteiger partial charge in [0.2, 0.25) is 0 Å². The molecular formula is C16H20N2. The van der Waals surface area contributed by atoms with Crippen LogP contribution in [0.2, 0.25) is 0 Å². The van der Waals surface area contributed by atoms with E-state index >= 15 is 0 Å². The Morgan fingerprint density at radius 3 is 2.39 bits per heavy atom. The summed E-state index contributed by atoms with van der Waals surface area (Å²) < 4.78 is 0. The molecule has 2 N–H and O–H groups in total. The SMILES string of the molecule is CCc1ccc(C(N)c2ccncc2CC)cc1. The van der Waals surface area contributed by atoms with E-state index in [9.17, 15) is 0 Å². The first-order valence-electron chi connectivity index (χ1n) is 6.53. The van der Waals surface area contributed by atoms with E-state index in [0.717, 1.165) is 18.4 Å². The van der Waals surface area contributed by atoms with Gasteiger partial charge in [0, 0.05) is 12.4 Å². The van der Waals surface area contributed by atoms with Crippen LogP contribution in [0.25, 0.3) is 0 Å². The first-order chi connectivity index (χ1) is 8.76. The highest BCUT2D eigenvalue weighted by atomic mass is 14.7. The largest absolute Gasteiger partial charge is 0.320 e. The summed E-state index contributed by atoms with van der Waals surface area (Å²) in [5.74, 6) is 0. The zero-order valence-electron chi connectivity index (χ0n) is 11.1. The molecule has 0 aliphatic rings. The number of pyridine rings is 1. The fraction of sp³-hybridized carbons (Fsp3) is 0.312. The second-order valence-corrected chi connectivity index (χ2v) is 4.50. The highest BCUT2D eigenvalue weighted by Gasteiger charge is 2.12. The molecule has 2 nitrogen and oxygen atoms in total. The van der Waals surface area contributed by atoms with Crippen LogP contribution in [0.5, 0.6) is 0 Å². The van der Waals surface area contributed by atoms with Crippen LogP contribution in [0, 0.1) is 0 Å². The van der Waals surface area contributed by atoms with Gasteiger partial charge in [-0.15, -0.1) is 0 Å². The van der Waals surface area contributed by atoms with E-state index in [2.05, 4.69) is 43.1 Å². The zero-order chi connectivity index (χ0) is 13.0. The molecule has 94 valence electrons. The second-order valence-electron chi connectivity index (χ2n) is 4.50. The first kappa shape index (κ1) is 12.8. The Morgan fingerprint density at radius 2 is 1.78 bits per heavy atom. The molecule has 1 aromatic heterocycles. The summed E-state index contributed by atoms with van der Waals surface area (Å²) in [7, 11) is 0. The Balaban J connectivity index is 2.31. The fourth-order valence-electron chi connectivity index (χ4n) is 2.18. The minimum Gasteiger partial charge on any atom is -0.320 e. The third kappa shape index (κ3) is 2.59. The number of rotatable bonds is 4. The highest BCUT2D eigenvalue weighted by Crippen LogP contribution is 2.23. The molecule has 0 spiro atoms. The standard InChI is InChI=1S/C16H20N2/c1-3-12-5-7-14(8-6-12)16(17)15-9-10-18-11-13(15)4-2/h5-11,16H,3-4,17H2,1-2H3. The molecule has 2 rings (SSSR count). The van der Waals surface area contributed by atoms with Crippen LogP contribution in [0.4, 0.5) is 0 Å². The van der Waals surface area contributed by atoms with Gasteiger partial charge in [-0.25, -0.2) is 0 Å². The second kappa shape index (κ2) is 5.78. The fourth-order valence-corrected chi connectivity index (χ4v) is 2.18. The predicted molar refractivity (Wildman–Crippen MR) is 75.5 cm³/mol. The summed E-state index contributed by atoms with van der Waals surface area (Å²) in [6, 6.07) is 10.5. The van der Waals surface area contributed by atoms with Crippen LogP contribution in [-0.2, 0) is 12.8 Å². The normalized spacial score (nSPS) is 12.4. The molecule has 0 saturated heterocycles. The summed E-state index contributed by atoms with van der Waals surface area (Å²) in [4.78, 5) is 4.16. The zero-order valence-corrected chi connectivity index (χ0v) is 11.1. The van der Waals surface area contributed by atoms with Crippen molar-refractivity contribution in [3.8, 4) is 0 Å². The van der Waals surface area contributed by atoms with Gasteiger partial charge >= 0.3 is 0 Å². The molecule has 0 radical (unpaired) electrons. The number of aromatic nitrogens is 1. The van der Waals surface area contributed by atoms with Gasteiger partial charge in [-0.2, -0.15) is 0 Å². The Morgan fingerprint density at radius 1 is 1.06 bits per heavy atom. The maximum atomic E-state index is 6.36. The third-order valence-electron chi connectivity index (χ3n) is 3.40. The van der Waals surface area contributed by atoms with E-state index in [4.69, 9.17) is 5.73 Å². The van der Waals surface area contributed by atoms with Crippen LogP contribution in [0.1, 0.15) is 42.1 Å². The van der Waals surface area contributed by atoms with Crippen molar-refractivity contribution in [2.75, 3.05) is 0 Å². The van der Waals surface area contributed by atoms with Gasteiger partial charge in [-0.3, -0.25) is 4.98 Å². The van der Waals surface area contributed by atoms with Gasteiger partial charge in [0.25, 0.3) is 0 Å². The molecule has 1 unspecified atom stereocenters. The molecule has 0 bridgehead atoms. The number of nitrogens with zero attached hydrogens (tertiary/aromatic N) is 1. The monoisotopic (exact) mass is 240 g/mol. The lowest BCUT2D eigenvalue weighted by molar-refractivity contribution is 0.842. The topological polar surface area (TPSA) is 38.9 Å². The van der Waals surface area contributed by atoms with E-state index in [1.54, 1.807) is 0 Å². The van der Waals surface area contributed by atoms with Crippen molar-refractivity contribution >= 4 is 0 Å². The smallest absolute Gasteiger partial charge is 0.0555 e. The maximum Gasteiger partial charge on any atom is 0.0555 e. The molecule has 18 heavy (non-hydrogen) atoms. The van der Waals surface area contributed by atoms with Gasteiger partial charge in [0.05, 0.1) is 6.04 Å². The van der Waals surface area contributed by atoms with E-state index in [0.29, 0.717) is 0 Å². The molecule has 0 aliphatic heterocycles. The Hall–Kier alpha value is -1.67. The van der Waals surface area contributed by atoms with Crippen molar-refractivity contribution in [2.24, 2.45) is 5.73 Å². The molecule has 2 aromatic rings. The quantitative estimate of drug-likeness (QED) is 0.891. The van der Waals surface area contributed by atoms with Gasteiger partial charge in [-0.1, -0.05) is 38.1 Å². The first-order valence-corrected chi connectivity index (χ1v) is 6.53. The van der Waals surface area contributed by atoms with Crippen LogP contribution < -0.4 is 5.73 Å². The van der Waals surface area contributed by atoms with Crippen molar-refractivity contribution in [1.29, 1.82) is 0 Å². The van der Waals surface area contributed by atoms with Gasteiger partial charge in [-0.05, 0) is 41.2 Å². The summed E-state index contributed by atoms with van der Waals surface area (Å²) in [5.41, 5.74) is 11.3. The summed E-state index contributed by atoms with van der Waals surface area (Å²) in [5, 5.41) is 0. The number of hydrogen-bond acceptors (Lipinski definition) is 2. The van der Waals surface area contributed by atoms with Gasteiger partial charge in [0.1, 0.15) is 0 Å². The Kier molecular flexibility index (Phi) is 4.11. The lowest BCUT2D eigenvalue weighted by Gasteiger charge is -2.16. The van der Waals surface area contributed by atoms with Gasteiger partial charge < -0.3 is 5.73 Å². The molecular weight excluding hydrogens is 220 g/mol. The molecule has 0 amide bonds. The summed E-state index contributed by atoms with van der Waals surface area (Å²) in [6.07, 6.45) is 5.75. The third-order valence-corrected chi connectivity index (χ3v) is 3.40. The van der Waals surface area contributed by atoms with Crippen LogP contribution in [0.15, 0.2) is 42.7 Å². The molecule has 2 heteroatoms.